The van der Waals surface area contributed by atoms with Gasteiger partial charge in [0.25, 0.3) is 5.91 Å². The Morgan fingerprint density at radius 1 is 1.10 bits per heavy atom. The van der Waals surface area contributed by atoms with Crippen molar-refractivity contribution >= 4 is 17.8 Å². The lowest BCUT2D eigenvalue weighted by Gasteiger charge is -2.16. The van der Waals surface area contributed by atoms with Gasteiger partial charge in [-0.1, -0.05) is 30.3 Å². The number of hydrogen-bond acceptors (Lipinski definition) is 4. The summed E-state index contributed by atoms with van der Waals surface area (Å²) in [6, 6.07) is 6.67. The average Bonchev–Trinajstić information content (AvgIpc) is 2.42. The van der Waals surface area contributed by atoms with Crippen molar-refractivity contribution in [1.29, 1.82) is 0 Å². The van der Waals surface area contributed by atoms with E-state index < -0.39 is 36.4 Å². The molecule has 7 nitrogen and oxygen atoms in total. The molecule has 1 aromatic carbocycles. The van der Waals surface area contributed by atoms with Crippen molar-refractivity contribution < 1.29 is 29.7 Å². The summed E-state index contributed by atoms with van der Waals surface area (Å²) in [6.45, 7) is 0. The molecule has 0 unspecified atom stereocenters. The number of nitrogens with one attached hydrogen (secondary N) is 1. The summed E-state index contributed by atoms with van der Waals surface area (Å²) in [4.78, 5) is 33.1. The molecular weight excluding hydrogens is 266 g/mol. The first-order chi connectivity index (χ1) is 9.41. The van der Waals surface area contributed by atoms with Crippen LogP contribution in [0.15, 0.2) is 30.3 Å². The number of rotatable bonds is 7. The number of aliphatic hydroxyl groups excluding tert-OH is 1. The minimum absolute atomic E-state index is 0.252. The summed E-state index contributed by atoms with van der Waals surface area (Å²) in [5, 5.41) is 29.3. The standard InChI is InChI=1S/C13H15NO6/c15-10(16)7-6-9(13(19)20)14-12(18)11(17)8-4-2-1-3-5-8/h1-5,9,11,17H,6-7H2,(H,14,18)(H,15,16)(H,19,20)/t9-,11+/m1/s1. The van der Waals surface area contributed by atoms with Crippen molar-refractivity contribution in [3.8, 4) is 0 Å². The van der Waals surface area contributed by atoms with E-state index in [1.54, 1.807) is 18.2 Å². The molecule has 0 bridgehead atoms. The van der Waals surface area contributed by atoms with Crippen LogP contribution in [0.1, 0.15) is 24.5 Å². The van der Waals surface area contributed by atoms with Gasteiger partial charge >= 0.3 is 11.9 Å². The third kappa shape index (κ3) is 4.69. The highest BCUT2D eigenvalue weighted by Crippen LogP contribution is 2.12. The van der Waals surface area contributed by atoms with Gasteiger partial charge in [-0.05, 0) is 12.0 Å². The van der Waals surface area contributed by atoms with E-state index in [4.69, 9.17) is 10.2 Å². The molecule has 1 rings (SSSR count). The van der Waals surface area contributed by atoms with Gasteiger partial charge in [-0.3, -0.25) is 9.59 Å². The third-order valence-electron chi connectivity index (χ3n) is 2.63. The molecule has 1 aromatic rings. The predicted octanol–water partition coefficient (Wildman–Crippen LogP) is 0.154. The summed E-state index contributed by atoms with van der Waals surface area (Å²) >= 11 is 0. The Labute approximate surface area is 114 Å². The average molecular weight is 281 g/mol. The number of carboxylic acids is 2. The molecule has 0 aliphatic heterocycles. The van der Waals surface area contributed by atoms with E-state index >= 15 is 0 Å². The Morgan fingerprint density at radius 3 is 2.20 bits per heavy atom. The van der Waals surface area contributed by atoms with Gasteiger partial charge in [-0.25, -0.2) is 4.79 Å². The summed E-state index contributed by atoms with van der Waals surface area (Å²) in [5.74, 6) is -3.39. The molecule has 0 aliphatic carbocycles. The largest absolute Gasteiger partial charge is 0.481 e. The van der Waals surface area contributed by atoms with Crippen LogP contribution in [0, 0.1) is 0 Å². The quantitative estimate of drug-likeness (QED) is 0.564. The Hall–Kier alpha value is -2.41. The van der Waals surface area contributed by atoms with Gasteiger partial charge in [-0.15, -0.1) is 0 Å². The molecule has 1 amide bonds. The monoisotopic (exact) mass is 281 g/mol. The van der Waals surface area contributed by atoms with Gasteiger partial charge in [0, 0.05) is 6.42 Å². The van der Waals surface area contributed by atoms with Crippen LogP contribution in [0.4, 0.5) is 0 Å². The van der Waals surface area contributed by atoms with Crippen LogP contribution in [0.3, 0.4) is 0 Å². The lowest BCUT2D eigenvalue weighted by Crippen LogP contribution is -2.43. The van der Waals surface area contributed by atoms with Gasteiger partial charge < -0.3 is 20.6 Å². The summed E-state index contributed by atoms with van der Waals surface area (Å²) in [6.07, 6.45) is -2.14. The van der Waals surface area contributed by atoms with E-state index in [0.29, 0.717) is 5.56 Å². The second-order valence-electron chi connectivity index (χ2n) is 4.15. The van der Waals surface area contributed by atoms with E-state index in [1.807, 2.05) is 0 Å². The summed E-state index contributed by atoms with van der Waals surface area (Å²) < 4.78 is 0. The van der Waals surface area contributed by atoms with E-state index in [-0.39, 0.29) is 6.42 Å². The van der Waals surface area contributed by atoms with Crippen molar-refractivity contribution in [2.45, 2.75) is 25.0 Å². The van der Waals surface area contributed by atoms with Crippen LogP contribution in [0.2, 0.25) is 0 Å². The Bertz CT molecular complexity index is 487. The molecule has 0 spiro atoms. The van der Waals surface area contributed by atoms with Crippen LogP contribution in [-0.2, 0) is 14.4 Å². The number of carbonyl (C=O) groups is 3. The van der Waals surface area contributed by atoms with Crippen LogP contribution in [-0.4, -0.2) is 39.2 Å². The smallest absolute Gasteiger partial charge is 0.326 e. The molecule has 2 atom stereocenters. The first-order valence-corrected chi connectivity index (χ1v) is 5.89. The van der Waals surface area contributed by atoms with E-state index in [1.165, 1.54) is 12.1 Å². The lowest BCUT2D eigenvalue weighted by atomic mass is 10.1. The SMILES string of the molecule is O=C(O)CC[C@@H](NC(=O)[C@@H](O)c1ccccc1)C(=O)O. The highest BCUT2D eigenvalue weighted by molar-refractivity contribution is 5.87. The highest BCUT2D eigenvalue weighted by Gasteiger charge is 2.25. The Balaban J connectivity index is 2.66. The van der Waals surface area contributed by atoms with Crippen molar-refractivity contribution in [1.82, 2.24) is 5.32 Å². The van der Waals surface area contributed by atoms with Crippen LogP contribution < -0.4 is 5.32 Å². The first kappa shape index (κ1) is 15.6. The number of aliphatic hydroxyl groups is 1. The van der Waals surface area contributed by atoms with E-state index in [2.05, 4.69) is 5.32 Å². The Morgan fingerprint density at radius 2 is 1.70 bits per heavy atom. The van der Waals surface area contributed by atoms with Crippen LogP contribution in [0.5, 0.6) is 0 Å². The number of hydrogen-bond donors (Lipinski definition) is 4. The summed E-state index contributed by atoms with van der Waals surface area (Å²) in [7, 11) is 0. The maximum Gasteiger partial charge on any atom is 0.326 e. The molecular formula is C13H15NO6. The zero-order chi connectivity index (χ0) is 15.1. The van der Waals surface area contributed by atoms with Gasteiger partial charge in [0.15, 0.2) is 6.10 Å². The van der Waals surface area contributed by atoms with Gasteiger partial charge in [0.2, 0.25) is 0 Å². The number of amides is 1. The third-order valence-corrected chi connectivity index (χ3v) is 2.63. The summed E-state index contributed by atoms with van der Waals surface area (Å²) in [5.41, 5.74) is 0.326. The minimum Gasteiger partial charge on any atom is -0.481 e. The predicted molar refractivity (Wildman–Crippen MR) is 67.8 cm³/mol. The maximum absolute atomic E-state index is 11.7. The fourth-order valence-corrected chi connectivity index (χ4v) is 1.56. The van der Waals surface area contributed by atoms with Gasteiger partial charge in [-0.2, -0.15) is 0 Å². The van der Waals surface area contributed by atoms with E-state index in [0.717, 1.165) is 0 Å². The Kier molecular flexibility index (Phi) is 5.67. The molecule has 0 saturated carbocycles. The molecule has 0 aliphatic rings. The zero-order valence-corrected chi connectivity index (χ0v) is 10.5. The van der Waals surface area contributed by atoms with Crippen molar-refractivity contribution in [3.05, 3.63) is 35.9 Å². The highest BCUT2D eigenvalue weighted by atomic mass is 16.4. The minimum atomic E-state index is -1.50. The van der Waals surface area contributed by atoms with Gasteiger partial charge in [0.1, 0.15) is 6.04 Å². The fraction of sp³-hybridized carbons (Fsp3) is 0.308. The molecule has 0 radical (unpaired) electrons. The van der Waals surface area contributed by atoms with E-state index in [9.17, 15) is 19.5 Å². The van der Waals surface area contributed by atoms with Crippen LogP contribution in [0.25, 0.3) is 0 Å². The second kappa shape index (κ2) is 7.25. The normalized spacial score (nSPS) is 13.2. The molecule has 0 saturated heterocycles. The van der Waals surface area contributed by atoms with Crippen molar-refractivity contribution in [3.63, 3.8) is 0 Å². The number of carboxylic acid groups (broad SMARTS) is 2. The zero-order valence-electron chi connectivity index (χ0n) is 10.5. The number of aliphatic carboxylic acids is 2. The molecule has 0 fully saturated rings. The molecule has 0 aromatic heterocycles. The van der Waals surface area contributed by atoms with Crippen molar-refractivity contribution in [2.24, 2.45) is 0 Å². The van der Waals surface area contributed by atoms with Crippen molar-refractivity contribution in [2.75, 3.05) is 0 Å². The molecule has 20 heavy (non-hydrogen) atoms. The number of carbonyl (C=O) groups excluding carboxylic acids is 1. The topological polar surface area (TPSA) is 124 Å². The molecule has 4 N–H and O–H groups in total. The number of benzene rings is 1. The molecule has 108 valence electrons. The lowest BCUT2D eigenvalue weighted by molar-refractivity contribution is -0.144. The fourth-order valence-electron chi connectivity index (χ4n) is 1.56. The first-order valence-electron chi connectivity index (χ1n) is 5.89. The van der Waals surface area contributed by atoms with Crippen LogP contribution >= 0.6 is 0 Å². The second-order valence-corrected chi connectivity index (χ2v) is 4.15. The maximum atomic E-state index is 11.7. The van der Waals surface area contributed by atoms with Gasteiger partial charge in [0.05, 0.1) is 0 Å². The molecule has 0 heterocycles. The molecule has 7 heteroatoms.